The molecule has 2 atom stereocenters. The average Bonchev–Trinajstić information content (AvgIpc) is 2.67. The molecule has 1 aromatic rings. The van der Waals surface area contributed by atoms with Crippen LogP contribution in [0.25, 0.3) is 0 Å². The van der Waals surface area contributed by atoms with Gasteiger partial charge in [-0.3, -0.25) is 0 Å². The van der Waals surface area contributed by atoms with Gasteiger partial charge in [0.05, 0.1) is 0 Å². The third kappa shape index (κ3) is 2.10. The summed E-state index contributed by atoms with van der Waals surface area (Å²) >= 11 is 5.85. The molecule has 0 radical (unpaired) electrons. The summed E-state index contributed by atoms with van der Waals surface area (Å²) in [7, 11) is 0. The molecule has 0 aliphatic heterocycles. The van der Waals surface area contributed by atoms with Gasteiger partial charge in [-0.15, -0.1) is 0 Å². The van der Waals surface area contributed by atoms with E-state index >= 15 is 0 Å². The maximum Gasteiger partial charge on any atom is 0.0406 e. The predicted molar refractivity (Wildman–Crippen MR) is 60.6 cm³/mol. The molecule has 0 heterocycles. The number of hydrogen-bond donors (Lipinski definition) is 1. The van der Waals surface area contributed by atoms with Gasteiger partial charge in [0.2, 0.25) is 0 Å². The molecule has 2 rings (SSSR count). The zero-order chi connectivity index (χ0) is 9.97. The molecule has 76 valence electrons. The molecule has 0 unspecified atom stereocenters. The number of nitrogens with two attached hydrogens (primary N) is 1. The first-order valence-electron chi connectivity index (χ1n) is 5.25. The molecule has 0 amide bonds. The van der Waals surface area contributed by atoms with E-state index in [4.69, 9.17) is 17.3 Å². The first-order valence-corrected chi connectivity index (χ1v) is 5.63. The quantitative estimate of drug-likeness (QED) is 0.796. The first-order chi connectivity index (χ1) is 6.79. The van der Waals surface area contributed by atoms with Crippen molar-refractivity contribution in [2.75, 3.05) is 6.54 Å². The van der Waals surface area contributed by atoms with E-state index in [9.17, 15) is 0 Å². The van der Waals surface area contributed by atoms with Crippen molar-refractivity contribution in [2.24, 2.45) is 11.7 Å². The number of hydrogen-bond acceptors (Lipinski definition) is 1. The highest BCUT2D eigenvalue weighted by molar-refractivity contribution is 6.30. The van der Waals surface area contributed by atoms with Crippen molar-refractivity contribution in [2.45, 2.75) is 25.2 Å². The Morgan fingerprint density at radius 2 is 1.93 bits per heavy atom. The van der Waals surface area contributed by atoms with Gasteiger partial charge in [0.1, 0.15) is 0 Å². The summed E-state index contributed by atoms with van der Waals surface area (Å²) in [6.07, 6.45) is 3.81. The molecular weight excluding hydrogens is 194 g/mol. The summed E-state index contributed by atoms with van der Waals surface area (Å²) in [6, 6.07) is 8.25. The van der Waals surface area contributed by atoms with Gasteiger partial charge in [-0.2, -0.15) is 0 Å². The highest BCUT2D eigenvalue weighted by Gasteiger charge is 2.24. The molecule has 0 bridgehead atoms. The molecule has 0 saturated heterocycles. The standard InChI is InChI=1S/C12H16ClN/c13-12-5-3-10(4-6-12)11-2-1-9(7-11)8-14/h3-6,9,11H,1-2,7-8,14H2/t9-,11+/m1/s1. The van der Waals surface area contributed by atoms with Crippen molar-refractivity contribution in [1.29, 1.82) is 0 Å². The molecule has 1 fully saturated rings. The summed E-state index contributed by atoms with van der Waals surface area (Å²) in [5.74, 6) is 1.44. The Labute approximate surface area is 90.3 Å². The maximum absolute atomic E-state index is 5.85. The van der Waals surface area contributed by atoms with Crippen LogP contribution in [0.1, 0.15) is 30.7 Å². The van der Waals surface area contributed by atoms with E-state index in [1.165, 1.54) is 24.8 Å². The van der Waals surface area contributed by atoms with Crippen molar-refractivity contribution >= 4 is 11.6 Å². The van der Waals surface area contributed by atoms with Crippen LogP contribution < -0.4 is 5.73 Å². The van der Waals surface area contributed by atoms with Crippen molar-refractivity contribution in [3.8, 4) is 0 Å². The van der Waals surface area contributed by atoms with E-state index in [0.717, 1.165) is 17.5 Å². The molecular formula is C12H16ClN. The Morgan fingerprint density at radius 3 is 2.50 bits per heavy atom. The van der Waals surface area contributed by atoms with E-state index in [1.807, 2.05) is 12.1 Å². The second kappa shape index (κ2) is 4.33. The van der Waals surface area contributed by atoms with Gasteiger partial charge in [0.25, 0.3) is 0 Å². The number of benzene rings is 1. The van der Waals surface area contributed by atoms with Crippen LogP contribution in [-0.2, 0) is 0 Å². The fourth-order valence-electron chi connectivity index (χ4n) is 2.33. The van der Waals surface area contributed by atoms with Crippen LogP contribution in [0.3, 0.4) is 0 Å². The smallest absolute Gasteiger partial charge is 0.0406 e. The summed E-state index contributed by atoms with van der Waals surface area (Å²) < 4.78 is 0. The zero-order valence-electron chi connectivity index (χ0n) is 8.25. The van der Waals surface area contributed by atoms with E-state index < -0.39 is 0 Å². The molecule has 1 aliphatic rings. The number of halogens is 1. The highest BCUT2D eigenvalue weighted by Crippen LogP contribution is 2.37. The summed E-state index contributed by atoms with van der Waals surface area (Å²) in [5, 5.41) is 0.821. The Bertz CT molecular complexity index is 294. The van der Waals surface area contributed by atoms with Crippen LogP contribution in [0.5, 0.6) is 0 Å². The van der Waals surface area contributed by atoms with E-state index in [0.29, 0.717) is 5.92 Å². The molecule has 0 aromatic heterocycles. The van der Waals surface area contributed by atoms with E-state index in [-0.39, 0.29) is 0 Å². The lowest BCUT2D eigenvalue weighted by atomic mass is 9.96. The third-order valence-electron chi connectivity index (χ3n) is 3.22. The molecule has 1 saturated carbocycles. The minimum absolute atomic E-state index is 0.709. The van der Waals surface area contributed by atoms with Crippen molar-refractivity contribution in [1.82, 2.24) is 0 Å². The van der Waals surface area contributed by atoms with Crippen LogP contribution in [0.2, 0.25) is 5.02 Å². The van der Waals surface area contributed by atoms with Crippen LogP contribution >= 0.6 is 11.6 Å². The first kappa shape index (κ1) is 10.0. The maximum atomic E-state index is 5.85. The minimum Gasteiger partial charge on any atom is -0.330 e. The van der Waals surface area contributed by atoms with E-state index in [1.54, 1.807) is 0 Å². The van der Waals surface area contributed by atoms with E-state index in [2.05, 4.69) is 12.1 Å². The lowest BCUT2D eigenvalue weighted by Crippen LogP contribution is -2.10. The summed E-state index contributed by atoms with van der Waals surface area (Å²) in [6.45, 7) is 0.837. The van der Waals surface area contributed by atoms with Gasteiger partial charge in [-0.1, -0.05) is 23.7 Å². The Morgan fingerprint density at radius 1 is 1.21 bits per heavy atom. The largest absolute Gasteiger partial charge is 0.330 e. The van der Waals surface area contributed by atoms with Crippen molar-refractivity contribution in [3.05, 3.63) is 34.9 Å². The van der Waals surface area contributed by atoms with Gasteiger partial charge in [0.15, 0.2) is 0 Å². The van der Waals surface area contributed by atoms with Crippen LogP contribution in [0.15, 0.2) is 24.3 Å². The summed E-state index contributed by atoms with van der Waals surface area (Å²) in [4.78, 5) is 0. The molecule has 1 aromatic carbocycles. The second-order valence-electron chi connectivity index (χ2n) is 4.16. The lowest BCUT2D eigenvalue weighted by molar-refractivity contribution is 0.551. The van der Waals surface area contributed by atoms with Gasteiger partial charge >= 0.3 is 0 Å². The molecule has 2 heteroatoms. The average molecular weight is 210 g/mol. The molecule has 14 heavy (non-hydrogen) atoms. The Hall–Kier alpha value is -0.530. The van der Waals surface area contributed by atoms with Gasteiger partial charge < -0.3 is 5.73 Å². The summed E-state index contributed by atoms with van der Waals surface area (Å²) in [5.41, 5.74) is 7.10. The van der Waals surface area contributed by atoms with Gasteiger partial charge in [-0.25, -0.2) is 0 Å². The van der Waals surface area contributed by atoms with Crippen LogP contribution in [0, 0.1) is 5.92 Å². The van der Waals surface area contributed by atoms with Crippen LogP contribution in [0.4, 0.5) is 0 Å². The topological polar surface area (TPSA) is 26.0 Å². The highest BCUT2D eigenvalue weighted by atomic mass is 35.5. The molecule has 1 aliphatic carbocycles. The normalized spacial score (nSPS) is 26.7. The fourth-order valence-corrected chi connectivity index (χ4v) is 2.45. The third-order valence-corrected chi connectivity index (χ3v) is 3.47. The number of rotatable bonds is 2. The molecule has 2 N–H and O–H groups in total. The SMILES string of the molecule is NC[C@@H]1CC[C@H](c2ccc(Cl)cc2)C1. The second-order valence-corrected chi connectivity index (χ2v) is 4.60. The zero-order valence-corrected chi connectivity index (χ0v) is 9.00. The van der Waals surface area contributed by atoms with Gasteiger partial charge in [-0.05, 0) is 55.3 Å². The fraction of sp³-hybridized carbons (Fsp3) is 0.500. The minimum atomic E-state index is 0.709. The predicted octanol–water partition coefficient (Wildman–Crippen LogP) is 3.18. The molecule has 0 spiro atoms. The van der Waals surface area contributed by atoms with Gasteiger partial charge in [0, 0.05) is 5.02 Å². The Kier molecular flexibility index (Phi) is 3.09. The lowest BCUT2D eigenvalue weighted by Gasteiger charge is -2.10. The monoisotopic (exact) mass is 209 g/mol. The van der Waals surface area contributed by atoms with Crippen molar-refractivity contribution < 1.29 is 0 Å². The van der Waals surface area contributed by atoms with Crippen LogP contribution in [-0.4, -0.2) is 6.54 Å². The Balaban J connectivity index is 2.06. The molecule has 1 nitrogen and oxygen atoms in total. The van der Waals surface area contributed by atoms with Crippen molar-refractivity contribution in [3.63, 3.8) is 0 Å².